The molecule has 0 aliphatic rings. The van der Waals surface area contributed by atoms with Crippen LogP contribution in [0.1, 0.15) is 40.0 Å². The number of aliphatic hydroxyl groups excluding tert-OH is 1. The topological polar surface area (TPSA) is 69.6 Å². The van der Waals surface area contributed by atoms with Crippen molar-refractivity contribution in [1.29, 1.82) is 0 Å². The molecule has 0 spiro atoms. The van der Waals surface area contributed by atoms with E-state index in [-0.39, 0.29) is 11.8 Å². The highest BCUT2D eigenvalue weighted by Gasteiger charge is 2.03. The van der Waals surface area contributed by atoms with Crippen molar-refractivity contribution in [3.8, 4) is 0 Å². The van der Waals surface area contributed by atoms with Crippen LogP contribution in [0.15, 0.2) is 0 Å². The van der Waals surface area contributed by atoms with Crippen LogP contribution in [0.2, 0.25) is 0 Å². The maximum atomic E-state index is 11.0. The first kappa shape index (κ1) is 15.8. The number of rotatable bonds is 5. The summed E-state index contributed by atoms with van der Waals surface area (Å²) < 4.78 is 0. The van der Waals surface area contributed by atoms with E-state index in [9.17, 15) is 4.79 Å². The third-order valence-corrected chi connectivity index (χ3v) is 1.60. The predicted molar refractivity (Wildman–Crippen MR) is 56.7 cm³/mol. The van der Waals surface area contributed by atoms with Crippen LogP contribution in [0.4, 0.5) is 0 Å². The van der Waals surface area contributed by atoms with Crippen molar-refractivity contribution in [1.82, 2.24) is 5.32 Å². The molecule has 0 rings (SSSR count). The van der Waals surface area contributed by atoms with E-state index in [1.165, 1.54) is 12.8 Å². The van der Waals surface area contributed by atoms with Crippen LogP contribution in [-0.4, -0.2) is 29.5 Å². The highest BCUT2D eigenvalue weighted by atomic mass is 16.5. The lowest BCUT2D eigenvalue weighted by molar-refractivity contribution is -0.123. The Morgan fingerprint density at radius 3 is 2.14 bits per heavy atom. The molecule has 0 unspecified atom stereocenters. The molecule has 0 bridgehead atoms. The largest absolute Gasteiger partial charge is 0.371 e. The SMILES string of the molecule is CCCCCNC(=O)C(C)C.OCO. The molecule has 1 amide bonds. The summed E-state index contributed by atoms with van der Waals surface area (Å²) in [6.07, 6.45) is 3.52. The van der Waals surface area contributed by atoms with E-state index >= 15 is 0 Å². The minimum absolute atomic E-state index is 0.122. The average Bonchev–Trinajstić information content (AvgIpc) is 2.13. The third kappa shape index (κ3) is 13.9. The van der Waals surface area contributed by atoms with Gasteiger partial charge in [-0.25, -0.2) is 0 Å². The molecule has 0 aromatic carbocycles. The van der Waals surface area contributed by atoms with Crippen molar-refractivity contribution in [2.75, 3.05) is 13.3 Å². The van der Waals surface area contributed by atoms with Crippen LogP contribution < -0.4 is 5.32 Å². The summed E-state index contributed by atoms with van der Waals surface area (Å²) in [7, 11) is 0. The molecule has 0 heterocycles. The lowest BCUT2D eigenvalue weighted by atomic mass is 10.2. The van der Waals surface area contributed by atoms with E-state index in [0.717, 1.165) is 13.0 Å². The van der Waals surface area contributed by atoms with Gasteiger partial charge in [-0.3, -0.25) is 4.79 Å². The number of carbonyl (C=O) groups is 1. The van der Waals surface area contributed by atoms with Crippen LogP contribution in [0.3, 0.4) is 0 Å². The maximum Gasteiger partial charge on any atom is 0.222 e. The maximum absolute atomic E-state index is 11.0. The van der Waals surface area contributed by atoms with Gasteiger partial charge in [-0.15, -0.1) is 0 Å². The predicted octanol–water partition coefficient (Wildman–Crippen LogP) is 0.877. The first-order valence-corrected chi connectivity index (χ1v) is 5.09. The highest BCUT2D eigenvalue weighted by molar-refractivity contribution is 5.77. The van der Waals surface area contributed by atoms with Crippen molar-refractivity contribution >= 4 is 5.91 Å². The molecule has 0 saturated carbocycles. The highest BCUT2D eigenvalue weighted by Crippen LogP contribution is 1.93. The van der Waals surface area contributed by atoms with Gasteiger partial charge in [0, 0.05) is 12.5 Å². The fraction of sp³-hybridized carbons (Fsp3) is 0.900. The van der Waals surface area contributed by atoms with Crippen molar-refractivity contribution in [3.05, 3.63) is 0 Å². The summed E-state index contributed by atoms with van der Waals surface area (Å²) >= 11 is 0. The average molecular weight is 205 g/mol. The summed E-state index contributed by atoms with van der Waals surface area (Å²) in [6, 6.07) is 0. The molecule has 0 aromatic heterocycles. The lowest BCUT2D eigenvalue weighted by Crippen LogP contribution is -2.28. The Bertz CT molecular complexity index is 127. The molecular weight excluding hydrogens is 182 g/mol. The number of carbonyl (C=O) groups excluding carboxylic acids is 1. The minimum atomic E-state index is -0.750. The Balaban J connectivity index is 0. The molecule has 4 heteroatoms. The van der Waals surface area contributed by atoms with Crippen molar-refractivity contribution in [2.24, 2.45) is 5.92 Å². The summed E-state index contributed by atoms with van der Waals surface area (Å²) in [5.74, 6) is 0.290. The van der Waals surface area contributed by atoms with E-state index in [1.807, 2.05) is 13.8 Å². The smallest absolute Gasteiger partial charge is 0.222 e. The second kappa shape index (κ2) is 12.4. The van der Waals surface area contributed by atoms with Crippen molar-refractivity contribution in [2.45, 2.75) is 40.0 Å². The minimum Gasteiger partial charge on any atom is -0.371 e. The number of nitrogens with one attached hydrogen (secondary N) is 1. The van der Waals surface area contributed by atoms with E-state index in [2.05, 4.69) is 12.2 Å². The van der Waals surface area contributed by atoms with Gasteiger partial charge in [0.15, 0.2) is 0 Å². The zero-order chi connectivity index (χ0) is 11.4. The van der Waals surface area contributed by atoms with Gasteiger partial charge in [0.25, 0.3) is 0 Å². The van der Waals surface area contributed by atoms with Crippen molar-refractivity contribution in [3.63, 3.8) is 0 Å². The molecule has 0 radical (unpaired) electrons. The summed E-state index contributed by atoms with van der Waals surface area (Å²) in [4.78, 5) is 11.0. The Kier molecular flexibility index (Phi) is 14.0. The van der Waals surface area contributed by atoms with Gasteiger partial charge in [0.1, 0.15) is 6.79 Å². The van der Waals surface area contributed by atoms with Gasteiger partial charge in [0.05, 0.1) is 0 Å². The standard InChI is InChI=1S/C9H19NO.CH4O2/c1-4-5-6-7-10-9(11)8(2)3;2-1-3/h8H,4-7H2,1-3H3,(H,10,11);2-3H,1H2. The molecular formula is C10H23NO3. The van der Waals surface area contributed by atoms with E-state index in [4.69, 9.17) is 10.2 Å². The molecule has 0 aliphatic carbocycles. The number of hydrogen-bond acceptors (Lipinski definition) is 3. The Morgan fingerprint density at radius 1 is 1.29 bits per heavy atom. The molecule has 0 atom stereocenters. The van der Waals surface area contributed by atoms with Crippen LogP contribution >= 0.6 is 0 Å². The van der Waals surface area contributed by atoms with Crippen LogP contribution in [-0.2, 0) is 4.79 Å². The Labute approximate surface area is 86.3 Å². The fourth-order valence-corrected chi connectivity index (χ4v) is 0.791. The molecule has 0 fully saturated rings. The van der Waals surface area contributed by atoms with Crippen LogP contribution in [0.25, 0.3) is 0 Å². The lowest BCUT2D eigenvalue weighted by Gasteiger charge is -2.06. The van der Waals surface area contributed by atoms with E-state index in [0.29, 0.717) is 0 Å². The van der Waals surface area contributed by atoms with Gasteiger partial charge in [-0.05, 0) is 6.42 Å². The number of hydrogen-bond donors (Lipinski definition) is 3. The molecule has 0 aliphatic heterocycles. The van der Waals surface area contributed by atoms with Crippen LogP contribution in [0.5, 0.6) is 0 Å². The first-order valence-electron chi connectivity index (χ1n) is 5.09. The van der Waals surface area contributed by atoms with Gasteiger partial charge >= 0.3 is 0 Å². The molecule has 14 heavy (non-hydrogen) atoms. The molecule has 3 N–H and O–H groups in total. The normalized spacial score (nSPS) is 9.29. The number of amides is 1. The van der Waals surface area contributed by atoms with Gasteiger partial charge in [0.2, 0.25) is 5.91 Å². The summed E-state index contributed by atoms with van der Waals surface area (Å²) in [5.41, 5.74) is 0. The molecule has 0 aromatic rings. The van der Waals surface area contributed by atoms with E-state index in [1.54, 1.807) is 0 Å². The Hall–Kier alpha value is -0.610. The van der Waals surface area contributed by atoms with Gasteiger partial charge in [-0.1, -0.05) is 33.6 Å². The molecule has 86 valence electrons. The Morgan fingerprint density at radius 2 is 1.79 bits per heavy atom. The molecule has 4 nitrogen and oxygen atoms in total. The van der Waals surface area contributed by atoms with Gasteiger partial charge in [-0.2, -0.15) is 0 Å². The van der Waals surface area contributed by atoms with Crippen molar-refractivity contribution < 1.29 is 15.0 Å². The number of unbranched alkanes of at least 4 members (excludes halogenated alkanes) is 2. The third-order valence-electron chi connectivity index (χ3n) is 1.60. The monoisotopic (exact) mass is 205 g/mol. The van der Waals surface area contributed by atoms with Crippen LogP contribution in [0, 0.1) is 5.92 Å². The van der Waals surface area contributed by atoms with E-state index < -0.39 is 6.79 Å². The summed E-state index contributed by atoms with van der Waals surface area (Å²) in [6.45, 7) is 6.07. The second-order valence-electron chi connectivity index (χ2n) is 3.29. The zero-order valence-electron chi connectivity index (χ0n) is 9.42. The summed E-state index contributed by atoms with van der Waals surface area (Å²) in [5, 5.41) is 17.1. The quantitative estimate of drug-likeness (QED) is 0.461. The van der Waals surface area contributed by atoms with Gasteiger partial charge < -0.3 is 15.5 Å². The molecule has 0 saturated heterocycles. The zero-order valence-corrected chi connectivity index (χ0v) is 9.42. The first-order chi connectivity index (χ1) is 6.59. The fourth-order valence-electron chi connectivity index (χ4n) is 0.791. The number of aliphatic hydroxyl groups is 2. The second-order valence-corrected chi connectivity index (χ2v) is 3.29.